The summed E-state index contributed by atoms with van der Waals surface area (Å²) in [4.78, 5) is 32.8. The maximum Gasteiger partial charge on any atom is 0.234 e. The smallest absolute Gasteiger partial charge is 0.234 e. The van der Waals surface area contributed by atoms with Crippen molar-refractivity contribution in [3.63, 3.8) is 0 Å². The van der Waals surface area contributed by atoms with Gasteiger partial charge in [0.2, 0.25) is 11.8 Å². The van der Waals surface area contributed by atoms with E-state index in [2.05, 4.69) is 15.3 Å². The number of nitrogens with zero attached hydrogens (tertiary/aromatic N) is 2. The first-order valence-corrected chi connectivity index (χ1v) is 9.66. The third-order valence-electron chi connectivity index (χ3n) is 4.36. The summed E-state index contributed by atoms with van der Waals surface area (Å²) in [6.07, 6.45) is 1.37. The van der Waals surface area contributed by atoms with Crippen LogP contribution < -0.4 is 10.2 Å². The minimum atomic E-state index is -0.968. The number of hydrogen-bond donors (Lipinski definition) is 2. The minimum absolute atomic E-state index is 0.0671. The van der Waals surface area contributed by atoms with Gasteiger partial charge in [-0.2, -0.15) is 0 Å². The standard InChI is InChI=1S/C19H16F2N4O2S/c20-13-8-15-16(9-14(13)21)24-19(23-15)28-10-17(26)22-11-3-1-4-12(7-11)25-6-2-5-18(25)27/h1,3-4,7-9H,2,5-6,10H2,(H,22,26)(H,23,24). The molecule has 1 aliphatic rings. The fraction of sp³-hybridized carbons (Fsp3) is 0.211. The molecule has 0 unspecified atom stereocenters. The number of anilines is 2. The molecule has 6 nitrogen and oxygen atoms in total. The number of aromatic nitrogens is 2. The first-order valence-electron chi connectivity index (χ1n) is 8.67. The van der Waals surface area contributed by atoms with Gasteiger partial charge >= 0.3 is 0 Å². The average molecular weight is 402 g/mol. The van der Waals surface area contributed by atoms with E-state index >= 15 is 0 Å². The third kappa shape index (κ3) is 3.84. The van der Waals surface area contributed by atoms with Gasteiger partial charge in [-0.15, -0.1) is 0 Å². The summed E-state index contributed by atoms with van der Waals surface area (Å²) in [5.41, 5.74) is 2.01. The summed E-state index contributed by atoms with van der Waals surface area (Å²) in [6.45, 7) is 0.680. The van der Waals surface area contributed by atoms with Crippen molar-refractivity contribution in [2.75, 3.05) is 22.5 Å². The first kappa shape index (κ1) is 18.4. The van der Waals surface area contributed by atoms with Gasteiger partial charge in [-0.1, -0.05) is 17.8 Å². The molecule has 1 aliphatic heterocycles. The van der Waals surface area contributed by atoms with Crippen LogP contribution in [0.3, 0.4) is 0 Å². The molecule has 1 saturated heterocycles. The molecular weight excluding hydrogens is 386 g/mol. The lowest BCUT2D eigenvalue weighted by atomic mass is 10.2. The summed E-state index contributed by atoms with van der Waals surface area (Å²) in [5, 5.41) is 3.18. The highest BCUT2D eigenvalue weighted by molar-refractivity contribution is 7.99. The number of nitrogens with one attached hydrogen (secondary N) is 2. The summed E-state index contributed by atoms with van der Waals surface area (Å²) < 4.78 is 26.5. The maximum absolute atomic E-state index is 13.3. The Balaban J connectivity index is 1.39. The van der Waals surface area contributed by atoms with Crippen LogP contribution in [-0.2, 0) is 9.59 Å². The number of thioether (sulfide) groups is 1. The topological polar surface area (TPSA) is 78.1 Å². The molecule has 2 heterocycles. The second-order valence-corrected chi connectivity index (χ2v) is 7.33. The number of carbonyl (C=O) groups is 2. The fourth-order valence-corrected chi connectivity index (χ4v) is 3.74. The third-order valence-corrected chi connectivity index (χ3v) is 5.23. The van der Waals surface area contributed by atoms with Crippen LogP contribution in [-0.4, -0.2) is 34.1 Å². The van der Waals surface area contributed by atoms with Gasteiger partial charge in [0, 0.05) is 36.5 Å². The molecule has 2 N–H and O–H groups in total. The zero-order valence-corrected chi connectivity index (χ0v) is 15.5. The second kappa shape index (κ2) is 7.59. The monoisotopic (exact) mass is 402 g/mol. The Morgan fingerprint density at radius 3 is 2.86 bits per heavy atom. The van der Waals surface area contributed by atoms with Crippen molar-refractivity contribution >= 4 is 46.0 Å². The van der Waals surface area contributed by atoms with Gasteiger partial charge in [0.15, 0.2) is 16.8 Å². The van der Waals surface area contributed by atoms with Gasteiger partial charge in [-0.3, -0.25) is 9.59 Å². The van der Waals surface area contributed by atoms with Crippen LogP contribution in [0.25, 0.3) is 11.0 Å². The number of halogens is 2. The molecule has 9 heteroatoms. The highest BCUT2D eigenvalue weighted by atomic mass is 32.2. The Morgan fingerprint density at radius 1 is 1.25 bits per heavy atom. The number of carbonyl (C=O) groups excluding carboxylic acids is 2. The van der Waals surface area contributed by atoms with E-state index in [0.717, 1.165) is 36.0 Å². The first-order chi connectivity index (χ1) is 13.5. The number of imidazole rings is 1. The number of benzene rings is 2. The van der Waals surface area contributed by atoms with Crippen molar-refractivity contribution in [3.8, 4) is 0 Å². The van der Waals surface area contributed by atoms with Gasteiger partial charge in [0.25, 0.3) is 0 Å². The highest BCUT2D eigenvalue weighted by Gasteiger charge is 2.21. The number of amides is 2. The highest BCUT2D eigenvalue weighted by Crippen LogP contribution is 2.25. The number of H-pyrrole nitrogens is 1. The van der Waals surface area contributed by atoms with Crippen molar-refractivity contribution in [2.45, 2.75) is 18.0 Å². The molecule has 0 spiro atoms. The lowest BCUT2D eigenvalue weighted by Crippen LogP contribution is -2.23. The Kier molecular flexibility index (Phi) is 4.99. The van der Waals surface area contributed by atoms with E-state index in [1.165, 1.54) is 0 Å². The number of hydrogen-bond acceptors (Lipinski definition) is 4. The summed E-state index contributed by atoms with van der Waals surface area (Å²) in [6, 6.07) is 9.17. The Bertz CT molecular complexity index is 1030. The predicted octanol–water partition coefficient (Wildman–Crippen LogP) is 3.70. The zero-order chi connectivity index (χ0) is 19.7. The number of rotatable bonds is 5. The van der Waals surface area contributed by atoms with E-state index in [-0.39, 0.29) is 17.6 Å². The van der Waals surface area contributed by atoms with Crippen molar-refractivity contribution in [1.29, 1.82) is 0 Å². The summed E-state index contributed by atoms with van der Waals surface area (Å²) in [5.74, 6) is -2.03. The lowest BCUT2D eigenvalue weighted by Gasteiger charge is -2.16. The lowest BCUT2D eigenvalue weighted by molar-refractivity contribution is -0.117. The maximum atomic E-state index is 13.3. The van der Waals surface area contributed by atoms with Crippen LogP contribution in [0, 0.1) is 11.6 Å². The molecule has 1 fully saturated rings. The Morgan fingerprint density at radius 2 is 2.07 bits per heavy atom. The molecule has 0 bridgehead atoms. The van der Waals surface area contributed by atoms with Gasteiger partial charge in [0.05, 0.1) is 16.8 Å². The van der Waals surface area contributed by atoms with E-state index in [0.29, 0.717) is 34.8 Å². The Hall–Kier alpha value is -2.94. The van der Waals surface area contributed by atoms with Crippen molar-refractivity contribution < 1.29 is 18.4 Å². The molecule has 144 valence electrons. The molecular formula is C19H16F2N4O2S. The molecule has 0 aliphatic carbocycles. The number of aromatic amines is 1. The molecule has 4 rings (SSSR count). The minimum Gasteiger partial charge on any atom is -0.333 e. The average Bonchev–Trinajstić information content (AvgIpc) is 3.26. The molecule has 2 amide bonds. The van der Waals surface area contributed by atoms with Gasteiger partial charge in [-0.25, -0.2) is 13.8 Å². The summed E-state index contributed by atoms with van der Waals surface area (Å²) in [7, 11) is 0. The van der Waals surface area contributed by atoms with Gasteiger partial charge in [-0.05, 0) is 24.6 Å². The van der Waals surface area contributed by atoms with Crippen molar-refractivity contribution in [2.24, 2.45) is 0 Å². The molecule has 0 saturated carbocycles. The molecule has 1 aromatic heterocycles. The number of fused-ring (bicyclic) bond motifs is 1. The van der Waals surface area contributed by atoms with Crippen LogP contribution >= 0.6 is 11.8 Å². The SMILES string of the molecule is O=C(CSc1nc2cc(F)c(F)cc2[nH]1)Nc1cccc(N2CCCC2=O)c1. The normalized spacial score (nSPS) is 14.1. The molecule has 3 aromatic rings. The van der Waals surface area contributed by atoms with Crippen LogP contribution in [0.5, 0.6) is 0 Å². The van der Waals surface area contributed by atoms with E-state index in [9.17, 15) is 18.4 Å². The van der Waals surface area contributed by atoms with Gasteiger partial charge in [0.1, 0.15) is 0 Å². The largest absolute Gasteiger partial charge is 0.333 e. The van der Waals surface area contributed by atoms with E-state index in [4.69, 9.17) is 0 Å². The molecule has 0 atom stereocenters. The van der Waals surface area contributed by atoms with Crippen molar-refractivity contribution in [1.82, 2.24) is 9.97 Å². The van der Waals surface area contributed by atoms with E-state index in [1.54, 1.807) is 23.1 Å². The Labute approximate surface area is 163 Å². The molecule has 2 aromatic carbocycles. The van der Waals surface area contributed by atoms with Gasteiger partial charge < -0.3 is 15.2 Å². The van der Waals surface area contributed by atoms with Crippen LogP contribution in [0.2, 0.25) is 0 Å². The fourth-order valence-electron chi connectivity index (χ4n) is 3.05. The van der Waals surface area contributed by atoms with Crippen LogP contribution in [0.4, 0.5) is 20.2 Å². The van der Waals surface area contributed by atoms with Crippen LogP contribution in [0.15, 0.2) is 41.6 Å². The van der Waals surface area contributed by atoms with E-state index in [1.807, 2.05) is 6.07 Å². The quantitative estimate of drug-likeness (QED) is 0.638. The summed E-state index contributed by atoms with van der Waals surface area (Å²) >= 11 is 1.13. The van der Waals surface area contributed by atoms with Crippen LogP contribution in [0.1, 0.15) is 12.8 Å². The zero-order valence-electron chi connectivity index (χ0n) is 14.7. The predicted molar refractivity (Wildman–Crippen MR) is 103 cm³/mol. The molecule has 28 heavy (non-hydrogen) atoms. The van der Waals surface area contributed by atoms with Crippen molar-refractivity contribution in [3.05, 3.63) is 48.0 Å². The molecule has 0 radical (unpaired) electrons. The second-order valence-electron chi connectivity index (χ2n) is 6.36. The van der Waals surface area contributed by atoms with E-state index < -0.39 is 11.6 Å².